The molecule has 0 aliphatic carbocycles. The van der Waals surface area contributed by atoms with Gasteiger partial charge in [0.15, 0.2) is 0 Å². The number of sulfonamides is 1. The highest BCUT2D eigenvalue weighted by molar-refractivity contribution is 7.92. The summed E-state index contributed by atoms with van der Waals surface area (Å²) in [7, 11) is -3.82. The van der Waals surface area contributed by atoms with Crippen LogP contribution in [0.4, 0.5) is 11.5 Å². The molecule has 0 fully saturated rings. The van der Waals surface area contributed by atoms with Gasteiger partial charge in [-0.15, -0.1) is 11.3 Å². The molecule has 1 amide bonds. The Bertz CT molecular complexity index is 1220. The second-order valence-electron chi connectivity index (χ2n) is 6.03. The number of para-hydroxylation sites is 1. The van der Waals surface area contributed by atoms with Crippen LogP contribution in [0.25, 0.3) is 5.69 Å². The highest BCUT2D eigenvalue weighted by Crippen LogP contribution is 2.21. The van der Waals surface area contributed by atoms with Gasteiger partial charge >= 0.3 is 0 Å². The maximum atomic E-state index is 12.8. The van der Waals surface area contributed by atoms with E-state index < -0.39 is 10.0 Å². The van der Waals surface area contributed by atoms with Crippen molar-refractivity contribution in [3.63, 3.8) is 0 Å². The lowest BCUT2D eigenvalue weighted by Crippen LogP contribution is -2.16. The summed E-state index contributed by atoms with van der Waals surface area (Å²) in [6, 6.07) is 20.3. The van der Waals surface area contributed by atoms with Crippen molar-refractivity contribution < 1.29 is 13.2 Å². The third-order valence-corrected chi connectivity index (χ3v) is 6.29. The molecule has 9 heteroatoms. The van der Waals surface area contributed by atoms with Gasteiger partial charge in [-0.25, -0.2) is 13.1 Å². The zero-order valence-electron chi connectivity index (χ0n) is 15.0. The Morgan fingerprint density at radius 3 is 2.38 bits per heavy atom. The molecule has 0 atom stereocenters. The molecule has 0 saturated heterocycles. The maximum Gasteiger partial charge on any atom is 0.265 e. The van der Waals surface area contributed by atoms with Gasteiger partial charge in [-0.1, -0.05) is 24.3 Å². The molecular formula is C20H16N4O3S2. The molecule has 146 valence electrons. The van der Waals surface area contributed by atoms with Gasteiger partial charge in [0.2, 0.25) is 0 Å². The third-order valence-electron chi connectivity index (χ3n) is 4.05. The van der Waals surface area contributed by atoms with E-state index in [9.17, 15) is 13.2 Å². The summed E-state index contributed by atoms with van der Waals surface area (Å²) in [6.07, 6.45) is 1.52. The SMILES string of the molecule is O=C(Nc1ccc(S(=O)(=O)Nc2ccnn2-c2ccccc2)cc1)c1cccs1. The Balaban J connectivity index is 1.51. The summed E-state index contributed by atoms with van der Waals surface area (Å²) < 4.78 is 29.6. The second kappa shape index (κ2) is 7.90. The molecule has 0 radical (unpaired) electrons. The molecule has 2 N–H and O–H groups in total. The van der Waals surface area contributed by atoms with E-state index in [4.69, 9.17) is 0 Å². The van der Waals surface area contributed by atoms with E-state index in [0.29, 0.717) is 16.4 Å². The minimum atomic E-state index is -3.82. The van der Waals surface area contributed by atoms with Crippen molar-refractivity contribution in [2.75, 3.05) is 10.0 Å². The van der Waals surface area contributed by atoms with Crippen LogP contribution in [-0.4, -0.2) is 24.1 Å². The number of benzene rings is 2. The van der Waals surface area contributed by atoms with E-state index in [0.717, 1.165) is 5.69 Å². The largest absolute Gasteiger partial charge is 0.321 e. The number of anilines is 2. The predicted octanol–water partition coefficient (Wildman–Crippen LogP) is 3.99. The number of aromatic nitrogens is 2. The monoisotopic (exact) mass is 424 g/mol. The van der Waals surface area contributed by atoms with Gasteiger partial charge in [-0.2, -0.15) is 5.10 Å². The number of amides is 1. The first-order valence-electron chi connectivity index (χ1n) is 8.60. The van der Waals surface area contributed by atoms with Crippen LogP contribution in [0.15, 0.2) is 89.3 Å². The molecule has 2 heterocycles. The molecule has 29 heavy (non-hydrogen) atoms. The number of carbonyl (C=O) groups is 1. The van der Waals surface area contributed by atoms with Crippen molar-refractivity contribution in [2.24, 2.45) is 0 Å². The van der Waals surface area contributed by atoms with Gasteiger partial charge in [-0.05, 0) is 47.8 Å². The van der Waals surface area contributed by atoms with Gasteiger partial charge in [0.05, 0.1) is 21.7 Å². The first-order valence-corrected chi connectivity index (χ1v) is 11.0. The summed E-state index contributed by atoms with van der Waals surface area (Å²) in [5.41, 5.74) is 1.25. The fraction of sp³-hybridized carbons (Fsp3) is 0. The molecule has 0 aliphatic heterocycles. The molecule has 2 aromatic carbocycles. The van der Waals surface area contributed by atoms with Gasteiger partial charge in [-0.3, -0.25) is 9.52 Å². The molecule has 4 aromatic rings. The zero-order valence-corrected chi connectivity index (χ0v) is 16.7. The van der Waals surface area contributed by atoms with Crippen LogP contribution >= 0.6 is 11.3 Å². The van der Waals surface area contributed by atoms with Gasteiger partial charge in [0.1, 0.15) is 5.82 Å². The Morgan fingerprint density at radius 2 is 1.69 bits per heavy atom. The lowest BCUT2D eigenvalue weighted by Gasteiger charge is -2.11. The summed E-state index contributed by atoms with van der Waals surface area (Å²) in [4.78, 5) is 12.8. The van der Waals surface area contributed by atoms with Crippen LogP contribution < -0.4 is 10.0 Å². The van der Waals surface area contributed by atoms with Crippen LogP contribution in [0.3, 0.4) is 0 Å². The van der Waals surface area contributed by atoms with Crippen molar-refractivity contribution in [3.8, 4) is 5.69 Å². The van der Waals surface area contributed by atoms with E-state index in [1.54, 1.807) is 30.3 Å². The smallest absolute Gasteiger partial charge is 0.265 e. The summed E-state index contributed by atoms with van der Waals surface area (Å²) in [5.74, 6) is 0.0896. The van der Waals surface area contributed by atoms with Crippen LogP contribution in [-0.2, 0) is 10.0 Å². The number of nitrogens with zero attached hydrogens (tertiary/aromatic N) is 2. The number of rotatable bonds is 6. The summed E-state index contributed by atoms with van der Waals surface area (Å²) in [6.45, 7) is 0. The number of hydrogen-bond acceptors (Lipinski definition) is 5. The Labute approximate surface area is 171 Å². The molecular weight excluding hydrogens is 408 g/mol. The molecule has 0 unspecified atom stereocenters. The van der Waals surface area contributed by atoms with Crippen molar-refractivity contribution >= 4 is 38.8 Å². The molecule has 0 bridgehead atoms. The normalized spacial score (nSPS) is 11.2. The topological polar surface area (TPSA) is 93.1 Å². The van der Waals surface area contributed by atoms with Crippen LogP contribution in [0, 0.1) is 0 Å². The highest BCUT2D eigenvalue weighted by atomic mass is 32.2. The lowest BCUT2D eigenvalue weighted by atomic mass is 10.3. The molecule has 0 saturated carbocycles. The zero-order chi connectivity index (χ0) is 20.3. The highest BCUT2D eigenvalue weighted by Gasteiger charge is 2.17. The lowest BCUT2D eigenvalue weighted by molar-refractivity contribution is 0.103. The molecule has 4 rings (SSSR count). The second-order valence-corrected chi connectivity index (χ2v) is 8.66. The minimum Gasteiger partial charge on any atom is -0.321 e. The molecule has 2 aromatic heterocycles. The van der Waals surface area contributed by atoms with E-state index in [1.807, 2.05) is 35.7 Å². The number of thiophene rings is 1. The first kappa shape index (κ1) is 18.9. The molecule has 7 nitrogen and oxygen atoms in total. The Hall–Kier alpha value is -3.43. The summed E-state index contributed by atoms with van der Waals surface area (Å²) in [5, 5.41) is 8.74. The van der Waals surface area contributed by atoms with E-state index in [2.05, 4.69) is 15.1 Å². The van der Waals surface area contributed by atoms with Crippen LogP contribution in [0.5, 0.6) is 0 Å². The first-order chi connectivity index (χ1) is 14.0. The Kier molecular flexibility index (Phi) is 5.15. The predicted molar refractivity (Wildman–Crippen MR) is 113 cm³/mol. The number of hydrogen-bond donors (Lipinski definition) is 2. The quantitative estimate of drug-likeness (QED) is 0.489. The molecule has 0 spiro atoms. The van der Waals surface area contributed by atoms with Gasteiger partial charge < -0.3 is 5.32 Å². The standard InChI is InChI=1S/C20H16N4O3S2/c25-20(18-7-4-14-28-18)22-15-8-10-17(11-9-15)29(26,27)23-19-12-13-21-24(19)16-5-2-1-3-6-16/h1-14,23H,(H,22,25). The average Bonchev–Trinajstić information content (AvgIpc) is 3.41. The van der Waals surface area contributed by atoms with Crippen molar-refractivity contribution in [1.29, 1.82) is 0 Å². The van der Waals surface area contributed by atoms with Crippen LogP contribution in [0.2, 0.25) is 0 Å². The van der Waals surface area contributed by atoms with Gasteiger partial charge in [0, 0.05) is 11.8 Å². The van der Waals surface area contributed by atoms with Crippen molar-refractivity contribution in [2.45, 2.75) is 4.90 Å². The fourth-order valence-electron chi connectivity index (χ4n) is 2.67. The fourth-order valence-corrected chi connectivity index (χ4v) is 4.33. The van der Waals surface area contributed by atoms with Crippen molar-refractivity contribution in [1.82, 2.24) is 9.78 Å². The average molecular weight is 425 g/mol. The molecule has 0 aliphatic rings. The Morgan fingerprint density at radius 1 is 0.931 bits per heavy atom. The van der Waals surface area contributed by atoms with E-state index in [1.165, 1.54) is 34.3 Å². The van der Waals surface area contributed by atoms with E-state index >= 15 is 0 Å². The van der Waals surface area contributed by atoms with Crippen molar-refractivity contribution in [3.05, 3.63) is 89.3 Å². The minimum absolute atomic E-state index is 0.0763. The van der Waals surface area contributed by atoms with Crippen LogP contribution in [0.1, 0.15) is 9.67 Å². The number of carbonyl (C=O) groups excluding carboxylic acids is 1. The third kappa shape index (κ3) is 4.20. The number of nitrogens with one attached hydrogen (secondary N) is 2. The van der Waals surface area contributed by atoms with Gasteiger partial charge in [0.25, 0.3) is 15.9 Å². The van der Waals surface area contributed by atoms with E-state index in [-0.39, 0.29) is 10.8 Å². The summed E-state index contributed by atoms with van der Waals surface area (Å²) >= 11 is 1.33. The maximum absolute atomic E-state index is 12.8.